The van der Waals surface area contributed by atoms with Gasteiger partial charge in [0, 0.05) is 18.1 Å². The molecule has 144 valence electrons. The minimum Gasteiger partial charge on any atom is -0.494 e. The van der Waals surface area contributed by atoms with E-state index in [0.717, 1.165) is 0 Å². The minimum absolute atomic E-state index is 0.143. The highest BCUT2D eigenvalue weighted by atomic mass is 35.5. The first-order valence-corrected chi connectivity index (χ1v) is 9.01. The summed E-state index contributed by atoms with van der Waals surface area (Å²) in [7, 11) is 1.40. The van der Waals surface area contributed by atoms with E-state index in [9.17, 15) is 9.59 Å². The molecule has 2 aromatic rings. The molecule has 0 atom stereocenters. The van der Waals surface area contributed by atoms with Crippen molar-refractivity contribution >= 4 is 46.6 Å². The highest BCUT2D eigenvalue weighted by Crippen LogP contribution is 2.33. The Morgan fingerprint density at radius 2 is 1.56 bits per heavy atom. The zero-order chi connectivity index (χ0) is 19.8. The fourth-order valence-corrected chi connectivity index (χ4v) is 2.74. The van der Waals surface area contributed by atoms with Crippen molar-refractivity contribution in [2.24, 2.45) is 0 Å². The molecule has 2 aromatic carbocycles. The van der Waals surface area contributed by atoms with Crippen LogP contribution in [-0.4, -0.2) is 38.6 Å². The molecule has 2 amide bonds. The summed E-state index contributed by atoms with van der Waals surface area (Å²) >= 11 is 17.8. The van der Waals surface area contributed by atoms with Crippen molar-refractivity contribution in [2.75, 3.05) is 26.8 Å². The topological polar surface area (TPSA) is 76.7 Å². The molecule has 0 aliphatic heterocycles. The number of rotatable bonds is 8. The van der Waals surface area contributed by atoms with Gasteiger partial charge in [-0.05, 0) is 36.4 Å². The largest absolute Gasteiger partial charge is 0.494 e. The molecule has 9 heteroatoms. The van der Waals surface area contributed by atoms with Crippen LogP contribution in [0.2, 0.25) is 15.1 Å². The summed E-state index contributed by atoms with van der Waals surface area (Å²) in [6.45, 7) is 0.260. The average Bonchev–Trinajstić information content (AvgIpc) is 2.66. The summed E-state index contributed by atoms with van der Waals surface area (Å²) in [4.78, 5) is 24.1. The Balaban J connectivity index is 1.76. The van der Waals surface area contributed by atoms with Gasteiger partial charge in [0.2, 0.25) is 0 Å². The Kier molecular flexibility index (Phi) is 8.03. The minimum atomic E-state index is -0.453. The van der Waals surface area contributed by atoms with E-state index < -0.39 is 5.91 Å². The summed E-state index contributed by atoms with van der Waals surface area (Å²) < 4.78 is 10.5. The molecular weight excluding hydrogens is 415 g/mol. The lowest BCUT2D eigenvalue weighted by atomic mass is 10.2. The Bertz CT molecular complexity index is 813. The average molecular weight is 432 g/mol. The molecule has 0 aromatic heterocycles. The van der Waals surface area contributed by atoms with Gasteiger partial charge in [-0.2, -0.15) is 0 Å². The van der Waals surface area contributed by atoms with Gasteiger partial charge < -0.3 is 20.1 Å². The number of ether oxygens (including phenoxy) is 2. The van der Waals surface area contributed by atoms with Gasteiger partial charge in [-0.3, -0.25) is 9.59 Å². The van der Waals surface area contributed by atoms with E-state index in [-0.39, 0.29) is 47.0 Å². The molecule has 0 fully saturated rings. The van der Waals surface area contributed by atoms with E-state index in [2.05, 4.69) is 10.6 Å². The van der Waals surface area contributed by atoms with E-state index in [1.54, 1.807) is 30.3 Å². The Morgan fingerprint density at radius 1 is 0.926 bits per heavy atom. The first-order valence-electron chi connectivity index (χ1n) is 7.87. The van der Waals surface area contributed by atoms with Crippen LogP contribution in [0, 0.1) is 0 Å². The molecule has 27 heavy (non-hydrogen) atoms. The van der Waals surface area contributed by atoms with Crippen molar-refractivity contribution in [3.63, 3.8) is 0 Å². The van der Waals surface area contributed by atoms with Crippen molar-refractivity contribution in [2.45, 2.75) is 0 Å². The van der Waals surface area contributed by atoms with Gasteiger partial charge in [0.25, 0.3) is 11.8 Å². The van der Waals surface area contributed by atoms with E-state index in [4.69, 9.17) is 44.3 Å². The molecule has 0 aliphatic rings. The normalized spacial score (nSPS) is 10.2. The molecule has 0 bridgehead atoms. The fraction of sp³-hybridized carbons (Fsp3) is 0.222. The Morgan fingerprint density at radius 3 is 2.22 bits per heavy atom. The number of carbonyl (C=O) groups is 2. The van der Waals surface area contributed by atoms with Crippen LogP contribution in [0.1, 0.15) is 10.4 Å². The van der Waals surface area contributed by atoms with E-state index in [0.29, 0.717) is 10.8 Å². The van der Waals surface area contributed by atoms with Crippen LogP contribution in [0.5, 0.6) is 11.5 Å². The number of methoxy groups -OCH3 is 1. The number of nitrogens with one attached hydrogen (secondary N) is 2. The molecule has 0 saturated carbocycles. The van der Waals surface area contributed by atoms with Crippen LogP contribution in [0.4, 0.5) is 0 Å². The molecule has 0 saturated heterocycles. The van der Waals surface area contributed by atoms with Crippen LogP contribution in [0.3, 0.4) is 0 Å². The van der Waals surface area contributed by atoms with Gasteiger partial charge in [-0.25, -0.2) is 0 Å². The Hall–Kier alpha value is -2.15. The van der Waals surface area contributed by atoms with E-state index in [1.807, 2.05) is 0 Å². The second-order valence-electron chi connectivity index (χ2n) is 5.29. The lowest BCUT2D eigenvalue weighted by molar-refractivity contribution is -0.123. The number of benzene rings is 2. The van der Waals surface area contributed by atoms with E-state index >= 15 is 0 Å². The predicted octanol–water partition coefficient (Wildman–Crippen LogP) is 3.58. The van der Waals surface area contributed by atoms with Crippen LogP contribution in [0.25, 0.3) is 0 Å². The predicted molar refractivity (Wildman–Crippen MR) is 105 cm³/mol. The molecule has 0 unspecified atom stereocenters. The van der Waals surface area contributed by atoms with Crippen molar-refractivity contribution in [3.8, 4) is 11.5 Å². The number of hydrogen-bond donors (Lipinski definition) is 2. The molecule has 0 spiro atoms. The molecule has 0 heterocycles. The number of amides is 2. The van der Waals surface area contributed by atoms with Crippen molar-refractivity contribution in [1.82, 2.24) is 10.6 Å². The summed E-state index contributed by atoms with van der Waals surface area (Å²) in [5, 5.41) is 6.35. The summed E-state index contributed by atoms with van der Waals surface area (Å²) in [5.74, 6) is -0.0452. The second-order valence-corrected chi connectivity index (χ2v) is 6.54. The summed E-state index contributed by atoms with van der Waals surface area (Å²) in [6, 6.07) is 9.71. The lowest BCUT2D eigenvalue weighted by Gasteiger charge is -2.12. The van der Waals surface area contributed by atoms with Gasteiger partial charge in [-0.1, -0.05) is 34.8 Å². The number of halogens is 3. The first-order chi connectivity index (χ1) is 12.9. The lowest BCUT2D eigenvalue weighted by Crippen LogP contribution is -2.37. The number of hydrogen-bond acceptors (Lipinski definition) is 4. The molecule has 2 rings (SSSR count). The van der Waals surface area contributed by atoms with Gasteiger partial charge in [-0.15, -0.1) is 0 Å². The maximum atomic E-state index is 12.3. The highest BCUT2D eigenvalue weighted by molar-refractivity contribution is 6.37. The smallest absolute Gasteiger partial charge is 0.258 e. The third-order valence-corrected chi connectivity index (χ3v) is 4.27. The standard InChI is InChI=1S/C18H17Cl3N2O4/c1-26-17-14(21)7-6-13(20)16(17)18(25)23-9-8-22-15(24)10-27-12-4-2-11(19)3-5-12/h2-7H,8-10H2,1H3,(H,22,24)(H,23,25). The molecule has 0 radical (unpaired) electrons. The van der Waals surface area contributed by atoms with Crippen LogP contribution < -0.4 is 20.1 Å². The van der Waals surface area contributed by atoms with Crippen molar-refractivity contribution in [1.29, 1.82) is 0 Å². The maximum absolute atomic E-state index is 12.3. The third-order valence-electron chi connectivity index (χ3n) is 3.41. The van der Waals surface area contributed by atoms with Crippen LogP contribution >= 0.6 is 34.8 Å². The molecule has 6 nitrogen and oxygen atoms in total. The SMILES string of the molecule is COc1c(Cl)ccc(Cl)c1C(=O)NCCNC(=O)COc1ccc(Cl)cc1. The molecular formula is C18H17Cl3N2O4. The Labute approximate surface area is 171 Å². The number of carbonyl (C=O) groups excluding carboxylic acids is 2. The molecule has 0 aliphatic carbocycles. The van der Waals surface area contributed by atoms with Crippen LogP contribution in [0.15, 0.2) is 36.4 Å². The van der Waals surface area contributed by atoms with Crippen molar-refractivity contribution < 1.29 is 19.1 Å². The van der Waals surface area contributed by atoms with Crippen molar-refractivity contribution in [3.05, 3.63) is 57.0 Å². The van der Waals surface area contributed by atoms with Gasteiger partial charge in [0.15, 0.2) is 12.4 Å². The van der Waals surface area contributed by atoms with E-state index in [1.165, 1.54) is 13.2 Å². The summed E-state index contributed by atoms with van der Waals surface area (Å²) in [5.41, 5.74) is 0.143. The third kappa shape index (κ3) is 6.20. The maximum Gasteiger partial charge on any atom is 0.258 e. The second kappa shape index (κ2) is 10.3. The monoisotopic (exact) mass is 430 g/mol. The molecule has 2 N–H and O–H groups in total. The highest BCUT2D eigenvalue weighted by Gasteiger charge is 2.19. The first kappa shape index (κ1) is 21.2. The van der Waals surface area contributed by atoms with Gasteiger partial charge in [0.1, 0.15) is 11.3 Å². The van der Waals surface area contributed by atoms with Gasteiger partial charge in [0.05, 0.1) is 17.2 Å². The zero-order valence-electron chi connectivity index (χ0n) is 14.4. The zero-order valence-corrected chi connectivity index (χ0v) is 16.6. The summed E-state index contributed by atoms with van der Waals surface area (Å²) in [6.07, 6.45) is 0. The fourth-order valence-electron chi connectivity index (χ4n) is 2.14. The van der Waals surface area contributed by atoms with Gasteiger partial charge >= 0.3 is 0 Å². The van der Waals surface area contributed by atoms with Crippen LogP contribution in [-0.2, 0) is 4.79 Å². The quantitative estimate of drug-likeness (QED) is 0.626.